The van der Waals surface area contributed by atoms with Gasteiger partial charge in [0.2, 0.25) is 0 Å². The predicted octanol–water partition coefficient (Wildman–Crippen LogP) is 2.58. The summed E-state index contributed by atoms with van der Waals surface area (Å²) in [5.74, 6) is -0.756. The molecule has 1 N–H and O–H groups in total. The molecular weight excluding hydrogens is 216 g/mol. The second kappa shape index (κ2) is 5.15. The van der Waals surface area contributed by atoms with Crippen molar-refractivity contribution in [2.24, 2.45) is 5.41 Å². The van der Waals surface area contributed by atoms with Crippen molar-refractivity contribution in [2.45, 2.75) is 12.8 Å². The Hall–Kier alpha value is -1.61. The summed E-state index contributed by atoms with van der Waals surface area (Å²) < 4.78 is 5.23. The summed E-state index contributed by atoms with van der Waals surface area (Å²) in [7, 11) is 0. The van der Waals surface area contributed by atoms with Gasteiger partial charge in [-0.25, -0.2) is 0 Å². The molecule has 17 heavy (non-hydrogen) atoms. The Labute approximate surface area is 101 Å². The number of carboxylic acids is 1. The highest BCUT2D eigenvalue weighted by Crippen LogP contribution is 2.33. The van der Waals surface area contributed by atoms with Crippen LogP contribution in [0.25, 0.3) is 6.08 Å². The Morgan fingerprint density at radius 1 is 1.24 bits per heavy atom. The maximum absolute atomic E-state index is 11.4. The van der Waals surface area contributed by atoms with E-state index in [2.05, 4.69) is 0 Å². The number of carbonyl (C=O) groups is 1. The normalized spacial score (nSPS) is 19.3. The van der Waals surface area contributed by atoms with Gasteiger partial charge in [0.1, 0.15) is 0 Å². The van der Waals surface area contributed by atoms with Gasteiger partial charge in [0.25, 0.3) is 0 Å². The van der Waals surface area contributed by atoms with E-state index in [1.165, 1.54) is 0 Å². The summed E-state index contributed by atoms with van der Waals surface area (Å²) in [6, 6.07) is 9.75. The molecule has 0 aromatic heterocycles. The van der Waals surface area contributed by atoms with Crippen molar-refractivity contribution in [1.29, 1.82) is 0 Å². The molecule has 0 saturated carbocycles. The van der Waals surface area contributed by atoms with Crippen LogP contribution in [0.2, 0.25) is 0 Å². The minimum absolute atomic E-state index is 0.519. The highest BCUT2D eigenvalue weighted by molar-refractivity contribution is 5.78. The molecule has 3 heteroatoms. The van der Waals surface area contributed by atoms with Crippen molar-refractivity contribution in [3.63, 3.8) is 0 Å². The minimum atomic E-state index is -0.756. The third kappa shape index (κ3) is 2.74. The van der Waals surface area contributed by atoms with Crippen LogP contribution in [-0.2, 0) is 9.53 Å². The first-order valence-corrected chi connectivity index (χ1v) is 5.78. The molecule has 0 spiro atoms. The van der Waals surface area contributed by atoms with Gasteiger partial charge in [0.15, 0.2) is 0 Å². The number of hydrogen-bond acceptors (Lipinski definition) is 2. The maximum atomic E-state index is 11.4. The van der Waals surface area contributed by atoms with Crippen molar-refractivity contribution in [3.8, 4) is 0 Å². The van der Waals surface area contributed by atoms with Crippen LogP contribution in [0.5, 0.6) is 0 Å². The fraction of sp³-hybridized carbons (Fsp3) is 0.357. The van der Waals surface area contributed by atoms with Gasteiger partial charge in [0, 0.05) is 13.2 Å². The molecule has 2 rings (SSSR count). The van der Waals surface area contributed by atoms with E-state index in [4.69, 9.17) is 4.74 Å². The molecule has 0 unspecified atom stereocenters. The Morgan fingerprint density at radius 3 is 2.47 bits per heavy atom. The van der Waals surface area contributed by atoms with E-state index in [-0.39, 0.29) is 0 Å². The SMILES string of the molecule is O=C(O)C1(/C=C/c2ccccc2)CCOCC1. The molecular formula is C14H16O3. The van der Waals surface area contributed by atoms with Crippen molar-refractivity contribution < 1.29 is 14.6 Å². The van der Waals surface area contributed by atoms with Gasteiger partial charge in [-0.05, 0) is 18.4 Å². The minimum Gasteiger partial charge on any atom is -0.481 e. The van der Waals surface area contributed by atoms with Crippen molar-refractivity contribution in [1.82, 2.24) is 0 Å². The number of rotatable bonds is 3. The molecule has 1 heterocycles. The smallest absolute Gasteiger partial charge is 0.313 e. The van der Waals surface area contributed by atoms with Gasteiger partial charge in [-0.1, -0.05) is 42.5 Å². The summed E-state index contributed by atoms with van der Waals surface area (Å²) in [5, 5.41) is 9.36. The average molecular weight is 232 g/mol. The highest BCUT2D eigenvalue weighted by atomic mass is 16.5. The molecule has 1 aromatic rings. The van der Waals surface area contributed by atoms with Crippen molar-refractivity contribution >= 4 is 12.0 Å². The lowest BCUT2D eigenvalue weighted by Crippen LogP contribution is -2.35. The van der Waals surface area contributed by atoms with E-state index in [9.17, 15) is 9.90 Å². The molecule has 1 fully saturated rings. The number of benzene rings is 1. The number of ether oxygens (including phenoxy) is 1. The first-order valence-electron chi connectivity index (χ1n) is 5.78. The Kier molecular flexibility index (Phi) is 3.59. The van der Waals surface area contributed by atoms with Gasteiger partial charge in [0.05, 0.1) is 5.41 Å². The zero-order valence-electron chi connectivity index (χ0n) is 9.63. The van der Waals surface area contributed by atoms with E-state index in [1.54, 1.807) is 0 Å². The summed E-state index contributed by atoms with van der Waals surface area (Å²) in [5.41, 5.74) is 0.272. The largest absolute Gasteiger partial charge is 0.481 e. The second-order valence-corrected chi connectivity index (χ2v) is 4.32. The third-order valence-electron chi connectivity index (χ3n) is 3.21. The van der Waals surface area contributed by atoms with Crippen LogP contribution in [0.1, 0.15) is 18.4 Å². The van der Waals surface area contributed by atoms with E-state index < -0.39 is 11.4 Å². The van der Waals surface area contributed by atoms with Crippen molar-refractivity contribution in [3.05, 3.63) is 42.0 Å². The van der Waals surface area contributed by atoms with E-state index in [1.807, 2.05) is 42.5 Å². The van der Waals surface area contributed by atoms with Gasteiger partial charge < -0.3 is 9.84 Å². The zero-order chi connectivity index (χ0) is 12.1. The molecule has 0 bridgehead atoms. The van der Waals surface area contributed by atoms with E-state index in [0.29, 0.717) is 26.1 Å². The molecule has 0 aliphatic carbocycles. The summed E-state index contributed by atoms with van der Waals surface area (Å²) in [4.78, 5) is 11.4. The average Bonchev–Trinajstić information content (AvgIpc) is 2.38. The van der Waals surface area contributed by atoms with Crippen LogP contribution in [0.15, 0.2) is 36.4 Å². The van der Waals surface area contributed by atoms with Crippen LogP contribution < -0.4 is 0 Å². The van der Waals surface area contributed by atoms with Gasteiger partial charge >= 0.3 is 5.97 Å². The molecule has 0 radical (unpaired) electrons. The third-order valence-corrected chi connectivity index (χ3v) is 3.21. The second-order valence-electron chi connectivity index (χ2n) is 4.32. The fourth-order valence-electron chi connectivity index (χ4n) is 2.01. The topological polar surface area (TPSA) is 46.5 Å². The van der Waals surface area contributed by atoms with Crippen LogP contribution in [0, 0.1) is 5.41 Å². The Balaban J connectivity index is 2.18. The molecule has 1 saturated heterocycles. The van der Waals surface area contributed by atoms with Gasteiger partial charge in [-0.15, -0.1) is 0 Å². The molecule has 1 aliphatic heterocycles. The first kappa shape index (κ1) is 11.9. The summed E-state index contributed by atoms with van der Waals surface area (Å²) >= 11 is 0. The van der Waals surface area contributed by atoms with E-state index >= 15 is 0 Å². The van der Waals surface area contributed by atoms with Crippen LogP contribution in [0.4, 0.5) is 0 Å². The quantitative estimate of drug-likeness (QED) is 0.871. The molecule has 0 atom stereocenters. The monoisotopic (exact) mass is 232 g/mol. The standard InChI is InChI=1S/C14H16O3/c15-13(16)14(8-10-17-11-9-14)7-6-12-4-2-1-3-5-12/h1-7H,8-11H2,(H,15,16)/b7-6+. The van der Waals surface area contributed by atoms with Crippen LogP contribution in [-0.4, -0.2) is 24.3 Å². The summed E-state index contributed by atoms with van der Waals surface area (Å²) in [6.45, 7) is 1.04. The predicted molar refractivity (Wildman–Crippen MR) is 65.6 cm³/mol. The Bertz CT molecular complexity index is 403. The Morgan fingerprint density at radius 2 is 1.88 bits per heavy atom. The molecule has 90 valence electrons. The first-order chi connectivity index (χ1) is 8.23. The van der Waals surface area contributed by atoms with Gasteiger partial charge in [-0.3, -0.25) is 4.79 Å². The molecule has 1 aromatic carbocycles. The molecule has 1 aliphatic rings. The van der Waals surface area contributed by atoms with Crippen molar-refractivity contribution in [2.75, 3.05) is 13.2 Å². The number of carboxylic acid groups (broad SMARTS) is 1. The zero-order valence-corrected chi connectivity index (χ0v) is 9.63. The fourth-order valence-corrected chi connectivity index (χ4v) is 2.01. The van der Waals surface area contributed by atoms with Crippen LogP contribution in [0.3, 0.4) is 0 Å². The lowest BCUT2D eigenvalue weighted by Gasteiger charge is -2.30. The highest BCUT2D eigenvalue weighted by Gasteiger charge is 2.37. The lowest BCUT2D eigenvalue weighted by molar-refractivity contribution is -0.150. The van der Waals surface area contributed by atoms with E-state index in [0.717, 1.165) is 5.56 Å². The number of aliphatic carboxylic acids is 1. The molecule has 3 nitrogen and oxygen atoms in total. The summed E-state index contributed by atoms with van der Waals surface area (Å²) in [6.07, 6.45) is 4.80. The lowest BCUT2D eigenvalue weighted by atomic mass is 9.79. The molecule has 0 amide bonds. The van der Waals surface area contributed by atoms with Gasteiger partial charge in [-0.2, -0.15) is 0 Å². The number of hydrogen-bond donors (Lipinski definition) is 1. The van der Waals surface area contributed by atoms with Crippen LogP contribution >= 0.6 is 0 Å². The maximum Gasteiger partial charge on any atom is 0.313 e.